The summed E-state index contributed by atoms with van der Waals surface area (Å²) in [6, 6.07) is 24.8. The van der Waals surface area contributed by atoms with Crippen molar-refractivity contribution in [2.45, 2.75) is 26.7 Å². The van der Waals surface area contributed by atoms with Crippen LogP contribution >= 0.6 is 0 Å². The van der Waals surface area contributed by atoms with E-state index in [9.17, 15) is 4.79 Å². The number of hydrogen-bond acceptors (Lipinski definition) is 5. The largest absolute Gasteiger partial charge is 0.368 e. The Labute approximate surface area is 206 Å². The summed E-state index contributed by atoms with van der Waals surface area (Å²) >= 11 is 0. The molecule has 0 N–H and O–H groups in total. The van der Waals surface area contributed by atoms with Gasteiger partial charge in [-0.25, -0.2) is 0 Å². The second-order valence-corrected chi connectivity index (χ2v) is 9.04. The number of piperazine rings is 1. The van der Waals surface area contributed by atoms with E-state index in [1.807, 2.05) is 35.2 Å². The molecule has 0 radical (unpaired) electrons. The Bertz CT molecular complexity index is 1290. The molecule has 35 heavy (non-hydrogen) atoms. The van der Waals surface area contributed by atoms with Crippen molar-refractivity contribution in [2.24, 2.45) is 0 Å². The fourth-order valence-corrected chi connectivity index (χ4v) is 4.56. The third-order valence-electron chi connectivity index (χ3n) is 6.82. The zero-order valence-electron chi connectivity index (χ0n) is 20.3. The number of amides is 1. The van der Waals surface area contributed by atoms with Crippen molar-refractivity contribution in [3.63, 3.8) is 0 Å². The quantitative estimate of drug-likeness (QED) is 0.386. The van der Waals surface area contributed by atoms with E-state index in [0.717, 1.165) is 37.3 Å². The maximum absolute atomic E-state index is 12.8. The van der Waals surface area contributed by atoms with Crippen molar-refractivity contribution < 1.29 is 9.32 Å². The van der Waals surface area contributed by atoms with Gasteiger partial charge in [0.05, 0.1) is 0 Å². The van der Waals surface area contributed by atoms with Gasteiger partial charge in [-0.3, -0.25) is 4.79 Å². The van der Waals surface area contributed by atoms with Gasteiger partial charge in [0.2, 0.25) is 17.6 Å². The lowest BCUT2D eigenvalue weighted by Gasteiger charge is -2.37. The van der Waals surface area contributed by atoms with E-state index >= 15 is 0 Å². The van der Waals surface area contributed by atoms with Crippen LogP contribution in [0, 0.1) is 13.8 Å². The van der Waals surface area contributed by atoms with E-state index in [4.69, 9.17) is 4.52 Å². The zero-order valence-corrected chi connectivity index (χ0v) is 20.3. The van der Waals surface area contributed by atoms with E-state index in [1.165, 1.54) is 22.4 Å². The minimum absolute atomic E-state index is 0.137. The number of carbonyl (C=O) groups is 1. The summed E-state index contributed by atoms with van der Waals surface area (Å²) in [4.78, 5) is 21.6. The molecule has 4 aromatic rings. The SMILES string of the molecule is Cc1cccc(N2CCN(C(=O)CCc3nc(-c4ccc(-c5ccccc5)cc4)no3)CC2)c1C. The molecule has 1 saturated heterocycles. The molecule has 2 heterocycles. The van der Waals surface area contributed by atoms with Crippen LogP contribution in [0.5, 0.6) is 0 Å². The van der Waals surface area contributed by atoms with Gasteiger partial charge in [0, 0.05) is 50.3 Å². The lowest BCUT2D eigenvalue weighted by Crippen LogP contribution is -2.49. The molecule has 1 aromatic heterocycles. The Kier molecular flexibility index (Phi) is 6.62. The minimum Gasteiger partial charge on any atom is -0.368 e. The Morgan fingerprint density at radius 3 is 2.26 bits per heavy atom. The van der Waals surface area contributed by atoms with E-state index in [2.05, 4.69) is 71.4 Å². The number of benzene rings is 3. The summed E-state index contributed by atoms with van der Waals surface area (Å²) in [5.74, 6) is 1.18. The topological polar surface area (TPSA) is 62.5 Å². The van der Waals surface area contributed by atoms with Gasteiger partial charge in [0.1, 0.15) is 0 Å². The monoisotopic (exact) mass is 466 g/mol. The molecule has 1 aliphatic rings. The number of carbonyl (C=O) groups excluding carboxylic acids is 1. The molecule has 0 spiro atoms. The highest BCUT2D eigenvalue weighted by atomic mass is 16.5. The molecule has 0 atom stereocenters. The van der Waals surface area contributed by atoms with Crippen LogP contribution in [0.1, 0.15) is 23.4 Å². The maximum atomic E-state index is 12.8. The lowest BCUT2D eigenvalue weighted by molar-refractivity contribution is -0.131. The van der Waals surface area contributed by atoms with Gasteiger partial charge in [0.15, 0.2) is 0 Å². The van der Waals surface area contributed by atoms with Crippen molar-refractivity contribution in [1.82, 2.24) is 15.0 Å². The van der Waals surface area contributed by atoms with Gasteiger partial charge in [-0.2, -0.15) is 4.98 Å². The molecule has 1 fully saturated rings. The first kappa shape index (κ1) is 22.8. The number of aromatic nitrogens is 2. The average molecular weight is 467 g/mol. The van der Waals surface area contributed by atoms with Gasteiger partial charge in [-0.1, -0.05) is 71.9 Å². The van der Waals surface area contributed by atoms with Crippen LogP contribution in [0.3, 0.4) is 0 Å². The van der Waals surface area contributed by atoms with Crippen molar-refractivity contribution >= 4 is 11.6 Å². The molecular formula is C29H30N4O2. The van der Waals surface area contributed by atoms with Crippen LogP contribution in [-0.4, -0.2) is 47.1 Å². The molecular weight excluding hydrogens is 436 g/mol. The molecule has 1 aliphatic heterocycles. The number of nitrogens with zero attached hydrogens (tertiary/aromatic N) is 4. The summed E-state index contributed by atoms with van der Waals surface area (Å²) in [5.41, 5.74) is 7.09. The summed E-state index contributed by atoms with van der Waals surface area (Å²) in [6.45, 7) is 7.46. The fourth-order valence-electron chi connectivity index (χ4n) is 4.56. The molecule has 3 aromatic carbocycles. The van der Waals surface area contributed by atoms with Crippen LogP contribution in [0.4, 0.5) is 5.69 Å². The summed E-state index contributed by atoms with van der Waals surface area (Å²) in [7, 11) is 0. The lowest BCUT2D eigenvalue weighted by atomic mass is 10.0. The van der Waals surface area contributed by atoms with E-state index < -0.39 is 0 Å². The molecule has 0 unspecified atom stereocenters. The Hall–Kier alpha value is -3.93. The first-order valence-electron chi connectivity index (χ1n) is 12.2. The van der Waals surface area contributed by atoms with Crippen LogP contribution in [-0.2, 0) is 11.2 Å². The Morgan fingerprint density at radius 1 is 0.829 bits per heavy atom. The molecule has 0 aliphatic carbocycles. The first-order valence-corrected chi connectivity index (χ1v) is 12.2. The minimum atomic E-state index is 0.137. The predicted molar refractivity (Wildman–Crippen MR) is 138 cm³/mol. The summed E-state index contributed by atoms with van der Waals surface area (Å²) in [5, 5.41) is 4.12. The normalized spacial score (nSPS) is 13.8. The van der Waals surface area contributed by atoms with Gasteiger partial charge in [0.25, 0.3) is 0 Å². The Balaban J connectivity index is 1.14. The van der Waals surface area contributed by atoms with E-state index in [1.54, 1.807) is 0 Å². The van der Waals surface area contributed by atoms with Gasteiger partial charge in [-0.05, 0) is 42.2 Å². The molecule has 1 amide bonds. The maximum Gasteiger partial charge on any atom is 0.227 e. The molecule has 6 heteroatoms. The third-order valence-corrected chi connectivity index (χ3v) is 6.82. The number of rotatable bonds is 6. The van der Waals surface area contributed by atoms with Gasteiger partial charge in [-0.15, -0.1) is 0 Å². The zero-order chi connectivity index (χ0) is 24.2. The second kappa shape index (κ2) is 10.1. The van der Waals surface area contributed by atoms with Crippen molar-refractivity contribution in [2.75, 3.05) is 31.1 Å². The van der Waals surface area contributed by atoms with Crippen molar-refractivity contribution in [1.29, 1.82) is 0 Å². The second-order valence-electron chi connectivity index (χ2n) is 9.04. The van der Waals surface area contributed by atoms with Gasteiger partial charge < -0.3 is 14.3 Å². The molecule has 0 saturated carbocycles. The van der Waals surface area contributed by atoms with E-state index in [-0.39, 0.29) is 5.91 Å². The average Bonchev–Trinajstić information content (AvgIpc) is 3.39. The standard InChI is InChI=1S/C29H30N4O2/c1-21-7-6-10-26(22(21)2)32-17-19-33(20-18-32)28(34)16-15-27-30-29(31-35-27)25-13-11-24(12-14-25)23-8-4-3-5-9-23/h3-14H,15-20H2,1-2H3. The first-order chi connectivity index (χ1) is 17.1. The van der Waals surface area contributed by atoms with Crippen molar-refractivity contribution in [3.8, 4) is 22.5 Å². The summed E-state index contributed by atoms with van der Waals surface area (Å²) in [6.07, 6.45) is 0.823. The van der Waals surface area contributed by atoms with Crippen molar-refractivity contribution in [3.05, 3.63) is 89.8 Å². The van der Waals surface area contributed by atoms with E-state index in [0.29, 0.717) is 24.6 Å². The van der Waals surface area contributed by atoms with Crippen LogP contribution in [0.2, 0.25) is 0 Å². The third kappa shape index (κ3) is 5.11. The van der Waals surface area contributed by atoms with Crippen LogP contribution in [0.25, 0.3) is 22.5 Å². The molecule has 0 bridgehead atoms. The highest BCUT2D eigenvalue weighted by molar-refractivity contribution is 5.77. The molecule has 5 rings (SSSR count). The molecule has 6 nitrogen and oxygen atoms in total. The summed E-state index contributed by atoms with van der Waals surface area (Å²) < 4.78 is 5.43. The number of anilines is 1. The van der Waals surface area contributed by atoms with Crippen LogP contribution < -0.4 is 4.90 Å². The fraction of sp³-hybridized carbons (Fsp3) is 0.276. The number of aryl methyl sites for hydroxylation is 2. The number of hydrogen-bond donors (Lipinski definition) is 0. The van der Waals surface area contributed by atoms with Crippen LogP contribution in [0.15, 0.2) is 77.3 Å². The Morgan fingerprint density at radius 2 is 1.51 bits per heavy atom. The highest BCUT2D eigenvalue weighted by Gasteiger charge is 2.23. The predicted octanol–water partition coefficient (Wildman–Crippen LogP) is 5.30. The highest BCUT2D eigenvalue weighted by Crippen LogP contribution is 2.25. The van der Waals surface area contributed by atoms with Gasteiger partial charge >= 0.3 is 0 Å². The molecule has 178 valence electrons. The smallest absolute Gasteiger partial charge is 0.227 e.